The highest BCUT2D eigenvalue weighted by Gasteiger charge is 2.30. The van der Waals surface area contributed by atoms with Crippen LogP contribution in [0.25, 0.3) is 0 Å². The first kappa shape index (κ1) is 15.3. The van der Waals surface area contributed by atoms with Crippen LogP contribution in [0.1, 0.15) is 64.3 Å². The Kier molecular flexibility index (Phi) is 4.97. The van der Waals surface area contributed by atoms with Gasteiger partial charge in [0.25, 0.3) is 0 Å². The molecule has 1 heterocycles. The van der Waals surface area contributed by atoms with Gasteiger partial charge in [0, 0.05) is 17.0 Å². The van der Waals surface area contributed by atoms with Crippen molar-refractivity contribution in [2.45, 2.75) is 65.5 Å². The maximum atomic E-state index is 6.01. The van der Waals surface area contributed by atoms with Crippen molar-refractivity contribution < 1.29 is 0 Å². The molecule has 2 rings (SSSR count). The van der Waals surface area contributed by atoms with Crippen molar-refractivity contribution in [1.82, 2.24) is 5.32 Å². The van der Waals surface area contributed by atoms with Gasteiger partial charge in [0.2, 0.25) is 0 Å². The summed E-state index contributed by atoms with van der Waals surface area (Å²) in [6.07, 6.45) is 5.34. The first-order valence-electron chi connectivity index (χ1n) is 7.37. The minimum atomic E-state index is 0.425. The van der Waals surface area contributed by atoms with Gasteiger partial charge in [0.15, 0.2) is 0 Å². The molecule has 1 N–H and O–H groups in total. The van der Waals surface area contributed by atoms with E-state index in [0.29, 0.717) is 17.5 Å². The summed E-state index contributed by atoms with van der Waals surface area (Å²) in [6.45, 7) is 9.38. The van der Waals surface area contributed by atoms with Gasteiger partial charge in [0.1, 0.15) is 0 Å². The van der Waals surface area contributed by atoms with Crippen LogP contribution in [0.2, 0.25) is 4.34 Å². The van der Waals surface area contributed by atoms with Crippen LogP contribution in [-0.2, 0) is 0 Å². The molecular formula is C16H26ClNS. The maximum absolute atomic E-state index is 6.01. The zero-order chi connectivity index (χ0) is 14.0. The zero-order valence-electron chi connectivity index (χ0n) is 12.5. The Hall–Kier alpha value is -0.0500. The van der Waals surface area contributed by atoms with E-state index in [1.807, 2.05) is 6.07 Å². The molecule has 1 aliphatic carbocycles. The van der Waals surface area contributed by atoms with Gasteiger partial charge in [-0.3, -0.25) is 0 Å². The molecule has 1 aromatic rings. The second-order valence-corrected chi connectivity index (χ2v) is 8.69. The van der Waals surface area contributed by atoms with Crippen LogP contribution >= 0.6 is 22.9 Å². The third kappa shape index (κ3) is 4.21. The number of thiophene rings is 1. The first-order valence-corrected chi connectivity index (χ1v) is 8.57. The van der Waals surface area contributed by atoms with Gasteiger partial charge in [-0.15, -0.1) is 11.3 Å². The summed E-state index contributed by atoms with van der Waals surface area (Å²) in [7, 11) is 0. The molecule has 0 bridgehead atoms. The Labute approximate surface area is 126 Å². The van der Waals surface area contributed by atoms with Gasteiger partial charge in [-0.1, -0.05) is 32.4 Å². The predicted octanol–water partition coefficient (Wildman–Crippen LogP) is 5.66. The molecule has 0 amide bonds. The van der Waals surface area contributed by atoms with Crippen molar-refractivity contribution in [3.8, 4) is 0 Å². The molecule has 0 aromatic carbocycles. The average molecular weight is 300 g/mol. The summed E-state index contributed by atoms with van der Waals surface area (Å²) < 4.78 is 0.889. The summed E-state index contributed by atoms with van der Waals surface area (Å²) in [6, 6.07) is 5.24. The third-order valence-electron chi connectivity index (χ3n) is 4.46. The van der Waals surface area contributed by atoms with Crippen LogP contribution in [-0.4, -0.2) is 6.04 Å². The van der Waals surface area contributed by atoms with E-state index in [0.717, 1.165) is 10.3 Å². The number of halogens is 1. The predicted molar refractivity (Wildman–Crippen MR) is 86.1 cm³/mol. The van der Waals surface area contributed by atoms with Gasteiger partial charge in [-0.05, 0) is 56.1 Å². The van der Waals surface area contributed by atoms with Gasteiger partial charge < -0.3 is 5.32 Å². The first-order chi connectivity index (χ1) is 8.86. The largest absolute Gasteiger partial charge is 0.307 e. The molecule has 1 saturated carbocycles. The fourth-order valence-electron chi connectivity index (χ4n) is 3.12. The fraction of sp³-hybridized carbons (Fsp3) is 0.750. The van der Waals surface area contributed by atoms with E-state index in [-0.39, 0.29) is 0 Å². The highest BCUT2D eigenvalue weighted by molar-refractivity contribution is 7.16. The van der Waals surface area contributed by atoms with Gasteiger partial charge in [0.05, 0.1) is 4.34 Å². The van der Waals surface area contributed by atoms with Crippen LogP contribution in [0.4, 0.5) is 0 Å². The zero-order valence-corrected chi connectivity index (χ0v) is 14.1. The van der Waals surface area contributed by atoms with Crippen LogP contribution in [0.5, 0.6) is 0 Å². The quantitative estimate of drug-likeness (QED) is 0.759. The number of rotatable bonds is 3. The molecule has 0 spiro atoms. The summed E-state index contributed by atoms with van der Waals surface area (Å²) in [5.74, 6) is 0.886. The minimum Gasteiger partial charge on any atom is -0.307 e. The second kappa shape index (κ2) is 6.15. The summed E-state index contributed by atoms with van der Waals surface area (Å²) in [5, 5.41) is 3.77. The van der Waals surface area contributed by atoms with Crippen LogP contribution < -0.4 is 5.32 Å². The number of nitrogens with one attached hydrogen (secondary N) is 1. The molecule has 0 aliphatic heterocycles. The van der Waals surface area contributed by atoms with Crippen molar-refractivity contribution in [2.24, 2.45) is 11.3 Å². The Balaban J connectivity index is 1.82. The standard InChI is InChI=1S/C16H26ClNS/c1-11(14-9-10-15(17)19-14)18-13-7-5-12(6-8-13)16(2,3)4/h9-13,18H,5-8H2,1-4H3. The van der Waals surface area contributed by atoms with Gasteiger partial charge >= 0.3 is 0 Å². The van der Waals surface area contributed by atoms with E-state index >= 15 is 0 Å². The molecule has 1 atom stereocenters. The molecule has 1 aliphatic rings. The van der Waals surface area contributed by atoms with Crippen molar-refractivity contribution in [2.75, 3.05) is 0 Å². The van der Waals surface area contributed by atoms with E-state index in [1.165, 1.54) is 30.6 Å². The lowest BCUT2D eigenvalue weighted by Gasteiger charge is -2.38. The van der Waals surface area contributed by atoms with Gasteiger partial charge in [-0.2, -0.15) is 0 Å². The van der Waals surface area contributed by atoms with Crippen LogP contribution in [0.3, 0.4) is 0 Å². The molecule has 1 unspecified atom stereocenters. The summed E-state index contributed by atoms with van der Waals surface area (Å²) in [5.41, 5.74) is 0.470. The Morgan fingerprint density at radius 3 is 2.32 bits per heavy atom. The Bertz CT molecular complexity index is 399. The maximum Gasteiger partial charge on any atom is 0.0931 e. The average Bonchev–Trinajstić information content (AvgIpc) is 2.75. The van der Waals surface area contributed by atoms with E-state index in [9.17, 15) is 0 Å². The Morgan fingerprint density at radius 2 is 1.84 bits per heavy atom. The summed E-state index contributed by atoms with van der Waals surface area (Å²) in [4.78, 5) is 1.35. The second-order valence-electron chi connectivity index (χ2n) is 6.94. The molecule has 0 saturated heterocycles. The van der Waals surface area contributed by atoms with E-state index < -0.39 is 0 Å². The van der Waals surface area contributed by atoms with Crippen molar-refractivity contribution >= 4 is 22.9 Å². The Morgan fingerprint density at radius 1 is 1.21 bits per heavy atom. The van der Waals surface area contributed by atoms with E-state index in [4.69, 9.17) is 11.6 Å². The topological polar surface area (TPSA) is 12.0 Å². The lowest BCUT2D eigenvalue weighted by molar-refractivity contribution is 0.157. The molecule has 1 nitrogen and oxygen atoms in total. The molecule has 1 aromatic heterocycles. The van der Waals surface area contributed by atoms with Crippen LogP contribution in [0, 0.1) is 11.3 Å². The molecule has 108 valence electrons. The highest BCUT2D eigenvalue weighted by Crippen LogP contribution is 2.38. The van der Waals surface area contributed by atoms with E-state index in [1.54, 1.807) is 11.3 Å². The van der Waals surface area contributed by atoms with Crippen molar-refractivity contribution in [1.29, 1.82) is 0 Å². The minimum absolute atomic E-state index is 0.425. The fourth-order valence-corrected chi connectivity index (χ4v) is 4.20. The monoisotopic (exact) mass is 299 g/mol. The highest BCUT2D eigenvalue weighted by atomic mass is 35.5. The molecule has 1 fully saturated rings. The van der Waals surface area contributed by atoms with Crippen LogP contribution in [0.15, 0.2) is 12.1 Å². The normalized spacial score (nSPS) is 26.4. The number of hydrogen-bond acceptors (Lipinski definition) is 2. The lowest BCUT2D eigenvalue weighted by atomic mass is 9.71. The molecule has 3 heteroatoms. The number of hydrogen-bond donors (Lipinski definition) is 1. The molecule has 0 radical (unpaired) electrons. The van der Waals surface area contributed by atoms with Gasteiger partial charge in [-0.25, -0.2) is 0 Å². The molecule has 19 heavy (non-hydrogen) atoms. The summed E-state index contributed by atoms with van der Waals surface area (Å²) >= 11 is 7.70. The third-order valence-corrected chi connectivity index (χ3v) is 5.87. The molecular weight excluding hydrogens is 274 g/mol. The van der Waals surface area contributed by atoms with E-state index in [2.05, 4.69) is 39.1 Å². The SMILES string of the molecule is CC(NC1CCC(C(C)(C)C)CC1)c1ccc(Cl)s1. The smallest absolute Gasteiger partial charge is 0.0931 e. The van der Waals surface area contributed by atoms with Crippen molar-refractivity contribution in [3.63, 3.8) is 0 Å². The van der Waals surface area contributed by atoms with Crippen molar-refractivity contribution in [3.05, 3.63) is 21.3 Å². The lowest BCUT2D eigenvalue weighted by Crippen LogP contribution is -2.37.